The van der Waals surface area contributed by atoms with Crippen LogP contribution in [0.4, 0.5) is 9.59 Å². The molecular weight excluding hydrogens is 496 g/mol. The van der Waals surface area contributed by atoms with Gasteiger partial charge in [-0.1, -0.05) is 12.8 Å². The van der Waals surface area contributed by atoms with Gasteiger partial charge in [-0.2, -0.15) is 0 Å². The van der Waals surface area contributed by atoms with Gasteiger partial charge < -0.3 is 10.6 Å². The minimum Gasteiger partial charge on any atom is -0.337 e. The predicted molar refractivity (Wildman–Crippen MR) is 124 cm³/mol. The molecule has 178 valence electrons. The van der Waals surface area contributed by atoms with Crippen LogP contribution in [0.3, 0.4) is 0 Å². The van der Waals surface area contributed by atoms with E-state index in [4.69, 9.17) is 0 Å². The first-order valence-electron chi connectivity index (χ1n) is 9.71. The number of carbonyl (C=O) groups excluding carboxylic acids is 2. The smallest absolute Gasteiger partial charge is 0.328 e. The van der Waals surface area contributed by atoms with Crippen LogP contribution in [0, 0.1) is 13.8 Å². The summed E-state index contributed by atoms with van der Waals surface area (Å²) in [5.41, 5.74) is 1.61. The molecule has 0 unspecified atom stereocenters. The number of amides is 4. The highest BCUT2D eigenvalue weighted by Gasteiger charge is 2.20. The lowest BCUT2D eigenvalue weighted by Crippen LogP contribution is -2.39. The van der Waals surface area contributed by atoms with Crippen LogP contribution in [0.5, 0.6) is 0 Å². The van der Waals surface area contributed by atoms with Crippen LogP contribution >= 0.6 is 22.7 Å². The second-order valence-electron chi connectivity index (χ2n) is 7.02. The molecule has 32 heavy (non-hydrogen) atoms. The summed E-state index contributed by atoms with van der Waals surface area (Å²) in [6.07, 6.45) is 2.74. The Bertz CT molecular complexity index is 1050. The van der Waals surface area contributed by atoms with Crippen molar-refractivity contribution in [1.29, 1.82) is 0 Å². The van der Waals surface area contributed by atoms with Gasteiger partial charge in [0.25, 0.3) is 20.0 Å². The molecule has 2 aromatic heterocycles. The van der Waals surface area contributed by atoms with Gasteiger partial charge >= 0.3 is 12.1 Å². The first-order valence-corrected chi connectivity index (χ1v) is 14.4. The Morgan fingerprint density at radius 1 is 0.719 bits per heavy atom. The van der Waals surface area contributed by atoms with Crippen molar-refractivity contribution in [2.45, 2.75) is 47.9 Å². The van der Waals surface area contributed by atoms with Crippen LogP contribution < -0.4 is 20.1 Å². The molecule has 0 radical (unpaired) electrons. The molecule has 2 aromatic rings. The average molecular weight is 523 g/mol. The SMILES string of the molecule is Cc1csc(S(=O)(=O)NC(=O)NCCCCCCNC(=O)NS(=O)(=O)c2cc(C)cs2)c1. The summed E-state index contributed by atoms with van der Waals surface area (Å²) in [6, 6.07) is 1.42. The van der Waals surface area contributed by atoms with E-state index in [9.17, 15) is 26.4 Å². The quantitative estimate of drug-likeness (QED) is 0.333. The summed E-state index contributed by atoms with van der Waals surface area (Å²) in [4.78, 5) is 23.5. The zero-order valence-electron chi connectivity index (χ0n) is 17.6. The molecular formula is C18H26N4O6S4. The molecule has 2 heterocycles. The van der Waals surface area contributed by atoms with E-state index in [-0.39, 0.29) is 8.42 Å². The van der Waals surface area contributed by atoms with Crippen LogP contribution in [0.1, 0.15) is 36.8 Å². The highest BCUT2D eigenvalue weighted by molar-refractivity contribution is 7.92. The van der Waals surface area contributed by atoms with Crippen molar-refractivity contribution in [2.24, 2.45) is 0 Å². The maximum atomic E-state index is 12.0. The lowest BCUT2D eigenvalue weighted by molar-refractivity contribution is 0.244. The number of thiophene rings is 2. The van der Waals surface area contributed by atoms with Gasteiger partial charge in [-0.15, -0.1) is 22.7 Å². The van der Waals surface area contributed by atoms with Crippen LogP contribution in [0.15, 0.2) is 31.3 Å². The van der Waals surface area contributed by atoms with Crippen molar-refractivity contribution >= 4 is 54.8 Å². The van der Waals surface area contributed by atoms with Gasteiger partial charge in [-0.25, -0.2) is 35.9 Å². The van der Waals surface area contributed by atoms with E-state index in [1.807, 2.05) is 9.44 Å². The van der Waals surface area contributed by atoms with Gasteiger partial charge in [0.2, 0.25) is 0 Å². The van der Waals surface area contributed by atoms with Crippen LogP contribution in [-0.2, 0) is 20.0 Å². The number of aryl methyl sites for hydroxylation is 2. The first-order chi connectivity index (χ1) is 15.0. The third kappa shape index (κ3) is 8.41. The molecule has 0 saturated carbocycles. The minimum atomic E-state index is -3.86. The maximum Gasteiger partial charge on any atom is 0.328 e. The van der Waals surface area contributed by atoms with Crippen molar-refractivity contribution < 1.29 is 26.4 Å². The molecule has 4 amide bonds. The zero-order valence-corrected chi connectivity index (χ0v) is 20.9. The van der Waals surface area contributed by atoms with E-state index in [1.165, 1.54) is 12.1 Å². The predicted octanol–water partition coefficient (Wildman–Crippen LogP) is 2.66. The van der Waals surface area contributed by atoms with Gasteiger partial charge in [0.15, 0.2) is 0 Å². The van der Waals surface area contributed by atoms with Crippen molar-refractivity contribution in [3.63, 3.8) is 0 Å². The average Bonchev–Trinajstić information content (AvgIpc) is 3.32. The van der Waals surface area contributed by atoms with Gasteiger partial charge in [-0.05, 0) is 60.7 Å². The summed E-state index contributed by atoms with van der Waals surface area (Å²) in [6.45, 7) is 4.14. The molecule has 0 aliphatic carbocycles. The summed E-state index contributed by atoms with van der Waals surface area (Å²) < 4.78 is 52.3. The summed E-state index contributed by atoms with van der Waals surface area (Å²) in [7, 11) is -7.73. The molecule has 14 heteroatoms. The number of sulfonamides is 2. The van der Waals surface area contributed by atoms with E-state index in [1.54, 1.807) is 24.6 Å². The molecule has 2 rings (SSSR count). The number of hydrogen-bond acceptors (Lipinski definition) is 8. The normalized spacial score (nSPS) is 11.7. The molecule has 10 nitrogen and oxygen atoms in total. The number of rotatable bonds is 11. The van der Waals surface area contributed by atoms with E-state index in [0.717, 1.165) is 46.6 Å². The van der Waals surface area contributed by atoms with Gasteiger partial charge in [-0.3, -0.25) is 0 Å². The topological polar surface area (TPSA) is 151 Å². The Kier molecular flexibility index (Phi) is 9.48. The van der Waals surface area contributed by atoms with Gasteiger partial charge in [0, 0.05) is 13.1 Å². The Labute approximate surface area is 195 Å². The molecule has 0 aromatic carbocycles. The number of hydrogen-bond donors (Lipinski definition) is 4. The summed E-state index contributed by atoms with van der Waals surface area (Å²) in [5, 5.41) is 8.37. The fourth-order valence-electron chi connectivity index (χ4n) is 2.52. The van der Waals surface area contributed by atoms with Gasteiger partial charge in [0.05, 0.1) is 0 Å². The van der Waals surface area contributed by atoms with Crippen molar-refractivity contribution in [1.82, 2.24) is 20.1 Å². The number of nitrogens with one attached hydrogen (secondary N) is 4. The minimum absolute atomic E-state index is 0.0833. The Hall–Kier alpha value is -2.16. The Morgan fingerprint density at radius 3 is 1.41 bits per heavy atom. The standard InChI is InChI=1S/C18H26N4O6S4/c1-13-9-15(29-11-13)31(25,26)21-17(23)19-7-5-3-4-6-8-20-18(24)22-32(27,28)16-10-14(2)12-30-16/h9-12H,3-8H2,1-2H3,(H2,19,21,23)(H2,20,22,24). The molecule has 0 fully saturated rings. The second-order valence-corrected chi connectivity index (χ2v) is 12.7. The number of urea groups is 2. The first kappa shape index (κ1) is 26.1. The van der Waals surface area contributed by atoms with E-state index >= 15 is 0 Å². The van der Waals surface area contributed by atoms with Crippen LogP contribution in [0.25, 0.3) is 0 Å². The monoisotopic (exact) mass is 522 g/mol. The third-order valence-electron chi connectivity index (χ3n) is 4.07. The van der Waals surface area contributed by atoms with Crippen molar-refractivity contribution in [3.8, 4) is 0 Å². The molecule has 0 spiro atoms. The highest BCUT2D eigenvalue weighted by atomic mass is 32.3. The Balaban J connectivity index is 1.55. The third-order valence-corrected chi connectivity index (χ3v) is 9.85. The Morgan fingerprint density at radius 2 is 1.09 bits per heavy atom. The fraction of sp³-hybridized carbons (Fsp3) is 0.444. The maximum absolute atomic E-state index is 12.0. The van der Waals surface area contributed by atoms with Gasteiger partial charge in [0.1, 0.15) is 8.42 Å². The largest absolute Gasteiger partial charge is 0.337 e. The summed E-state index contributed by atoms with van der Waals surface area (Å²) in [5.74, 6) is 0. The van der Waals surface area contributed by atoms with Crippen molar-refractivity contribution in [2.75, 3.05) is 13.1 Å². The summed E-state index contributed by atoms with van der Waals surface area (Å²) >= 11 is 2.09. The van der Waals surface area contributed by atoms with Crippen molar-refractivity contribution in [3.05, 3.63) is 34.0 Å². The molecule has 0 atom stereocenters. The lowest BCUT2D eigenvalue weighted by atomic mass is 10.2. The molecule has 0 saturated heterocycles. The molecule has 0 aliphatic heterocycles. The van der Waals surface area contributed by atoms with E-state index < -0.39 is 32.1 Å². The molecule has 0 bridgehead atoms. The molecule has 4 N–H and O–H groups in total. The highest BCUT2D eigenvalue weighted by Crippen LogP contribution is 2.19. The van der Waals surface area contributed by atoms with Crippen LogP contribution in [0.2, 0.25) is 0 Å². The van der Waals surface area contributed by atoms with E-state index in [2.05, 4.69) is 10.6 Å². The lowest BCUT2D eigenvalue weighted by Gasteiger charge is -2.08. The zero-order chi connectivity index (χ0) is 23.8. The van der Waals surface area contributed by atoms with E-state index in [0.29, 0.717) is 25.9 Å². The number of carbonyl (C=O) groups is 2. The number of unbranched alkanes of at least 4 members (excludes halogenated alkanes) is 3. The van der Waals surface area contributed by atoms with Crippen LogP contribution in [-0.4, -0.2) is 42.0 Å². The molecule has 0 aliphatic rings. The second kappa shape index (κ2) is 11.6. The fourth-order valence-corrected chi connectivity index (χ4v) is 6.83.